The number of para-hydroxylation sites is 2. The molecular formula is C21H23F2NO4. The fourth-order valence-corrected chi connectivity index (χ4v) is 2.77. The van der Waals surface area contributed by atoms with Crippen LogP contribution in [0.2, 0.25) is 0 Å². The first kappa shape index (κ1) is 21.3. The quantitative estimate of drug-likeness (QED) is 0.635. The smallest absolute Gasteiger partial charge is 0.387 e. The van der Waals surface area contributed by atoms with Crippen molar-refractivity contribution >= 4 is 17.6 Å². The fourth-order valence-electron chi connectivity index (χ4n) is 2.77. The van der Waals surface area contributed by atoms with Gasteiger partial charge in [-0.05, 0) is 23.6 Å². The average Bonchev–Trinajstić information content (AvgIpc) is 2.68. The number of esters is 1. The lowest BCUT2D eigenvalue weighted by atomic mass is 9.86. The minimum atomic E-state index is -3.02. The highest BCUT2D eigenvalue weighted by Crippen LogP contribution is 2.28. The van der Waals surface area contributed by atoms with Gasteiger partial charge in [0.05, 0.1) is 11.6 Å². The zero-order valence-corrected chi connectivity index (χ0v) is 15.7. The number of carbonyl (C=O) groups is 2. The predicted molar refractivity (Wildman–Crippen MR) is 101 cm³/mol. The molecular weight excluding hydrogens is 368 g/mol. The second-order valence-corrected chi connectivity index (χ2v) is 6.30. The number of alkyl halides is 2. The minimum Gasteiger partial charge on any atom is -0.455 e. The van der Waals surface area contributed by atoms with Gasteiger partial charge in [0.15, 0.2) is 6.61 Å². The summed E-state index contributed by atoms with van der Waals surface area (Å²) in [7, 11) is 0. The lowest BCUT2D eigenvalue weighted by Crippen LogP contribution is -2.27. The van der Waals surface area contributed by atoms with Crippen LogP contribution in [0, 0.1) is 5.92 Å². The predicted octanol–water partition coefficient (Wildman–Crippen LogP) is 4.60. The molecule has 0 aliphatic heterocycles. The largest absolute Gasteiger partial charge is 0.455 e. The van der Waals surface area contributed by atoms with E-state index in [-0.39, 0.29) is 17.4 Å². The van der Waals surface area contributed by atoms with Crippen molar-refractivity contribution in [3.05, 3.63) is 60.2 Å². The van der Waals surface area contributed by atoms with Gasteiger partial charge >= 0.3 is 12.6 Å². The van der Waals surface area contributed by atoms with Crippen molar-refractivity contribution in [1.29, 1.82) is 0 Å². The van der Waals surface area contributed by atoms with Crippen molar-refractivity contribution in [3.8, 4) is 5.75 Å². The van der Waals surface area contributed by atoms with Gasteiger partial charge in [0.2, 0.25) is 0 Å². The van der Waals surface area contributed by atoms with E-state index in [1.165, 1.54) is 18.2 Å². The van der Waals surface area contributed by atoms with Gasteiger partial charge in [0.1, 0.15) is 5.75 Å². The van der Waals surface area contributed by atoms with Crippen LogP contribution in [-0.2, 0) is 14.3 Å². The summed E-state index contributed by atoms with van der Waals surface area (Å²) < 4.78 is 34.4. The molecule has 0 bridgehead atoms. The van der Waals surface area contributed by atoms with E-state index in [1.54, 1.807) is 6.07 Å². The Morgan fingerprint density at radius 2 is 1.68 bits per heavy atom. The highest BCUT2D eigenvalue weighted by molar-refractivity contribution is 5.94. The van der Waals surface area contributed by atoms with E-state index in [9.17, 15) is 18.4 Å². The Hall–Kier alpha value is -2.96. The summed E-state index contributed by atoms with van der Waals surface area (Å²) in [6, 6.07) is 15.0. The molecule has 0 spiro atoms. The van der Waals surface area contributed by atoms with Crippen LogP contribution in [0.15, 0.2) is 54.6 Å². The van der Waals surface area contributed by atoms with Gasteiger partial charge in [0, 0.05) is 0 Å². The van der Waals surface area contributed by atoms with Crippen molar-refractivity contribution in [3.63, 3.8) is 0 Å². The second-order valence-electron chi connectivity index (χ2n) is 6.30. The fraction of sp³-hybridized carbons (Fsp3) is 0.333. The van der Waals surface area contributed by atoms with Gasteiger partial charge in [-0.15, -0.1) is 0 Å². The van der Waals surface area contributed by atoms with Crippen LogP contribution in [-0.4, -0.2) is 25.1 Å². The second kappa shape index (κ2) is 10.4. The van der Waals surface area contributed by atoms with E-state index in [0.29, 0.717) is 0 Å². The van der Waals surface area contributed by atoms with E-state index in [2.05, 4.69) is 10.1 Å². The number of rotatable bonds is 9. The van der Waals surface area contributed by atoms with Gasteiger partial charge in [-0.2, -0.15) is 8.78 Å². The number of hydrogen-bond acceptors (Lipinski definition) is 4. The van der Waals surface area contributed by atoms with Crippen LogP contribution in [0.1, 0.15) is 31.7 Å². The molecule has 1 amide bonds. The molecule has 0 aliphatic rings. The van der Waals surface area contributed by atoms with Crippen LogP contribution in [0.25, 0.3) is 0 Å². The van der Waals surface area contributed by atoms with Gasteiger partial charge in [-0.3, -0.25) is 9.59 Å². The number of hydrogen-bond donors (Lipinski definition) is 1. The summed E-state index contributed by atoms with van der Waals surface area (Å²) >= 11 is 0. The lowest BCUT2D eigenvalue weighted by Gasteiger charge is -2.21. The molecule has 0 saturated carbocycles. The molecule has 150 valence electrons. The molecule has 0 unspecified atom stereocenters. The maximum absolute atomic E-state index is 12.6. The summed E-state index contributed by atoms with van der Waals surface area (Å²) in [6.45, 7) is 0.372. The van der Waals surface area contributed by atoms with Gasteiger partial charge in [0.25, 0.3) is 5.91 Å². The Kier molecular flexibility index (Phi) is 7.92. The van der Waals surface area contributed by atoms with Crippen LogP contribution >= 0.6 is 0 Å². The Labute approximate surface area is 162 Å². The molecule has 28 heavy (non-hydrogen) atoms. The van der Waals surface area contributed by atoms with Crippen molar-refractivity contribution in [2.75, 3.05) is 11.9 Å². The zero-order chi connectivity index (χ0) is 20.5. The van der Waals surface area contributed by atoms with Crippen LogP contribution < -0.4 is 10.1 Å². The molecule has 0 aromatic heterocycles. The summed E-state index contributed by atoms with van der Waals surface area (Å²) in [5, 5.41) is 2.42. The Morgan fingerprint density at radius 1 is 1.04 bits per heavy atom. The first-order chi connectivity index (χ1) is 13.4. The molecule has 0 heterocycles. The van der Waals surface area contributed by atoms with Crippen LogP contribution in [0.5, 0.6) is 5.75 Å². The summed E-state index contributed by atoms with van der Waals surface area (Å²) in [4.78, 5) is 24.7. The number of benzene rings is 2. The highest BCUT2D eigenvalue weighted by atomic mass is 19.3. The SMILES string of the molecule is CC[C@@H](C)[C@@H](C(=O)OCC(=O)Nc1ccccc1OC(F)F)c1ccccc1. The Bertz CT molecular complexity index is 783. The topological polar surface area (TPSA) is 64.6 Å². The van der Waals surface area contributed by atoms with E-state index >= 15 is 0 Å². The first-order valence-corrected chi connectivity index (χ1v) is 8.97. The molecule has 7 heteroatoms. The molecule has 0 fully saturated rings. The van der Waals surface area contributed by atoms with E-state index in [4.69, 9.17) is 4.74 Å². The van der Waals surface area contributed by atoms with Gasteiger partial charge in [-0.1, -0.05) is 62.7 Å². The Morgan fingerprint density at radius 3 is 2.32 bits per heavy atom. The standard InChI is InChI=1S/C21H23F2NO4/c1-3-14(2)19(15-9-5-4-6-10-15)20(26)27-13-18(25)24-16-11-7-8-12-17(16)28-21(22)23/h4-12,14,19,21H,3,13H2,1-2H3,(H,24,25)/t14-,19-/m1/s1. The monoisotopic (exact) mass is 391 g/mol. The number of carbonyl (C=O) groups excluding carboxylic acids is 2. The summed E-state index contributed by atoms with van der Waals surface area (Å²) in [5.41, 5.74) is 0.892. The number of amides is 1. The number of ether oxygens (including phenoxy) is 2. The first-order valence-electron chi connectivity index (χ1n) is 8.97. The minimum absolute atomic E-state index is 0.0260. The van der Waals surface area contributed by atoms with E-state index < -0.39 is 31.0 Å². The third-order valence-electron chi connectivity index (χ3n) is 4.35. The molecule has 2 atom stereocenters. The average molecular weight is 391 g/mol. The van der Waals surface area contributed by atoms with Crippen LogP contribution in [0.4, 0.5) is 14.5 Å². The van der Waals surface area contributed by atoms with E-state index in [0.717, 1.165) is 12.0 Å². The molecule has 0 aliphatic carbocycles. The van der Waals surface area contributed by atoms with Crippen molar-refractivity contribution in [2.45, 2.75) is 32.8 Å². The van der Waals surface area contributed by atoms with Gasteiger partial charge in [-0.25, -0.2) is 0 Å². The molecule has 0 saturated heterocycles. The maximum atomic E-state index is 12.6. The zero-order valence-electron chi connectivity index (χ0n) is 15.7. The third-order valence-corrected chi connectivity index (χ3v) is 4.35. The maximum Gasteiger partial charge on any atom is 0.387 e. The van der Waals surface area contributed by atoms with Crippen molar-refractivity contribution < 1.29 is 27.8 Å². The number of nitrogens with one attached hydrogen (secondary N) is 1. The molecule has 2 aromatic rings. The third kappa shape index (κ3) is 6.04. The van der Waals surface area contributed by atoms with Crippen LogP contribution in [0.3, 0.4) is 0 Å². The lowest BCUT2D eigenvalue weighted by molar-refractivity contribution is -0.150. The summed E-state index contributed by atoms with van der Waals surface area (Å²) in [5.74, 6) is -1.78. The van der Waals surface area contributed by atoms with Crippen molar-refractivity contribution in [2.24, 2.45) is 5.92 Å². The number of anilines is 1. The number of halogens is 2. The molecule has 5 nitrogen and oxygen atoms in total. The molecule has 0 radical (unpaired) electrons. The van der Waals surface area contributed by atoms with E-state index in [1.807, 2.05) is 44.2 Å². The molecule has 2 rings (SSSR count). The van der Waals surface area contributed by atoms with Crippen molar-refractivity contribution in [1.82, 2.24) is 0 Å². The normalized spacial score (nSPS) is 12.9. The Balaban J connectivity index is 2.00. The molecule has 1 N–H and O–H groups in total. The van der Waals surface area contributed by atoms with Gasteiger partial charge < -0.3 is 14.8 Å². The molecule has 2 aromatic carbocycles. The highest BCUT2D eigenvalue weighted by Gasteiger charge is 2.27. The summed E-state index contributed by atoms with van der Waals surface area (Å²) in [6.07, 6.45) is 0.763.